The Hall–Kier alpha value is -1.26. The van der Waals surface area contributed by atoms with Crippen LogP contribution in [-0.2, 0) is 4.74 Å². The first-order chi connectivity index (χ1) is 9.51. The Labute approximate surface area is 135 Å². The van der Waals surface area contributed by atoms with Crippen LogP contribution in [0, 0.1) is 6.92 Å². The number of carbonyl (C=O) groups excluding carboxylic acids is 1. The summed E-state index contributed by atoms with van der Waals surface area (Å²) < 4.78 is 5.42. The Morgan fingerprint density at radius 2 is 2.00 bits per heavy atom. The van der Waals surface area contributed by atoms with Crippen molar-refractivity contribution in [1.82, 2.24) is 4.98 Å². The molecule has 1 aromatic rings. The summed E-state index contributed by atoms with van der Waals surface area (Å²) in [6.45, 7) is 13.2. The highest BCUT2D eigenvalue weighted by Crippen LogP contribution is 2.31. The SMILES string of the molecule is C=C(C)CN(C(=O)OC(C)(C)C)c1c(C)cc(Cl)nc1Cl. The number of amides is 1. The number of hydrogen-bond acceptors (Lipinski definition) is 3. The fourth-order valence-corrected chi connectivity index (χ4v) is 2.37. The molecule has 116 valence electrons. The Morgan fingerprint density at radius 1 is 1.43 bits per heavy atom. The summed E-state index contributed by atoms with van der Waals surface area (Å²) in [5.41, 5.74) is 1.42. The molecule has 1 aromatic heterocycles. The Balaban J connectivity index is 3.26. The fraction of sp³-hybridized carbons (Fsp3) is 0.467. The molecule has 0 aliphatic heterocycles. The molecule has 1 amide bonds. The number of carbonyl (C=O) groups is 1. The highest BCUT2D eigenvalue weighted by atomic mass is 35.5. The maximum absolute atomic E-state index is 12.4. The topological polar surface area (TPSA) is 42.4 Å². The van der Waals surface area contributed by atoms with Crippen LogP contribution in [0.25, 0.3) is 0 Å². The van der Waals surface area contributed by atoms with Crippen LogP contribution in [0.2, 0.25) is 10.3 Å². The third-order valence-electron chi connectivity index (χ3n) is 2.42. The number of aryl methyl sites for hydroxylation is 1. The molecule has 4 nitrogen and oxygen atoms in total. The summed E-state index contributed by atoms with van der Waals surface area (Å²) in [7, 11) is 0. The van der Waals surface area contributed by atoms with E-state index in [-0.39, 0.29) is 10.3 Å². The van der Waals surface area contributed by atoms with Gasteiger partial charge in [0.2, 0.25) is 0 Å². The highest BCUT2D eigenvalue weighted by molar-refractivity contribution is 6.34. The van der Waals surface area contributed by atoms with Crippen molar-refractivity contribution in [1.29, 1.82) is 0 Å². The van der Waals surface area contributed by atoms with Gasteiger partial charge in [0.15, 0.2) is 5.15 Å². The molecule has 0 aromatic carbocycles. The Bertz CT molecular complexity index is 542. The van der Waals surface area contributed by atoms with Crippen LogP contribution in [0.4, 0.5) is 10.5 Å². The van der Waals surface area contributed by atoms with E-state index in [0.717, 1.165) is 11.1 Å². The van der Waals surface area contributed by atoms with E-state index in [0.29, 0.717) is 12.2 Å². The van der Waals surface area contributed by atoms with Gasteiger partial charge < -0.3 is 4.74 Å². The zero-order valence-corrected chi connectivity index (χ0v) is 14.5. The lowest BCUT2D eigenvalue weighted by Gasteiger charge is -2.29. The van der Waals surface area contributed by atoms with Crippen molar-refractivity contribution in [3.05, 3.63) is 34.1 Å². The number of halogens is 2. The van der Waals surface area contributed by atoms with E-state index in [4.69, 9.17) is 27.9 Å². The number of ether oxygens (including phenoxy) is 1. The lowest BCUT2D eigenvalue weighted by molar-refractivity contribution is 0.0583. The average molecular weight is 331 g/mol. The maximum atomic E-state index is 12.4. The first-order valence-electron chi connectivity index (χ1n) is 6.49. The summed E-state index contributed by atoms with van der Waals surface area (Å²) in [5.74, 6) is 0. The number of anilines is 1. The molecule has 6 heteroatoms. The second-order valence-electron chi connectivity index (χ2n) is 5.92. The molecule has 0 N–H and O–H groups in total. The average Bonchev–Trinajstić information content (AvgIpc) is 2.23. The van der Waals surface area contributed by atoms with Crippen molar-refractivity contribution < 1.29 is 9.53 Å². The number of rotatable bonds is 3. The smallest absolute Gasteiger partial charge is 0.415 e. The molecule has 0 radical (unpaired) electrons. The van der Waals surface area contributed by atoms with E-state index in [2.05, 4.69) is 11.6 Å². The Morgan fingerprint density at radius 3 is 2.43 bits per heavy atom. The minimum absolute atomic E-state index is 0.159. The third-order valence-corrected chi connectivity index (χ3v) is 2.88. The lowest BCUT2D eigenvalue weighted by Crippen LogP contribution is -2.38. The normalized spacial score (nSPS) is 11.2. The second-order valence-corrected chi connectivity index (χ2v) is 6.67. The van der Waals surface area contributed by atoms with Crippen LogP contribution in [0.5, 0.6) is 0 Å². The molecule has 0 atom stereocenters. The van der Waals surface area contributed by atoms with Crippen LogP contribution in [-0.4, -0.2) is 23.2 Å². The molecule has 21 heavy (non-hydrogen) atoms. The molecule has 0 spiro atoms. The molecular weight excluding hydrogens is 311 g/mol. The molecule has 0 aliphatic rings. The van der Waals surface area contributed by atoms with E-state index in [1.165, 1.54) is 4.90 Å². The first kappa shape index (κ1) is 17.8. The van der Waals surface area contributed by atoms with Crippen LogP contribution in [0.3, 0.4) is 0 Å². The maximum Gasteiger partial charge on any atom is 0.415 e. The molecule has 1 rings (SSSR count). The minimum Gasteiger partial charge on any atom is -0.443 e. The van der Waals surface area contributed by atoms with E-state index < -0.39 is 11.7 Å². The van der Waals surface area contributed by atoms with E-state index >= 15 is 0 Å². The third kappa shape index (κ3) is 5.21. The zero-order chi connectivity index (χ0) is 16.4. The van der Waals surface area contributed by atoms with Crippen molar-refractivity contribution in [3.63, 3.8) is 0 Å². The lowest BCUT2D eigenvalue weighted by atomic mass is 10.2. The largest absolute Gasteiger partial charge is 0.443 e. The van der Waals surface area contributed by atoms with Gasteiger partial charge in [-0.3, -0.25) is 4.90 Å². The van der Waals surface area contributed by atoms with Crippen LogP contribution < -0.4 is 4.90 Å². The van der Waals surface area contributed by atoms with Gasteiger partial charge in [0, 0.05) is 6.54 Å². The van der Waals surface area contributed by atoms with Gasteiger partial charge >= 0.3 is 6.09 Å². The van der Waals surface area contributed by atoms with Gasteiger partial charge in [-0.1, -0.05) is 35.4 Å². The number of hydrogen-bond donors (Lipinski definition) is 0. The van der Waals surface area contributed by atoms with Crippen molar-refractivity contribution >= 4 is 35.0 Å². The summed E-state index contributed by atoms with van der Waals surface area (Å²) in [4.78, 5) is 17.8. The molecule has 1 heterocycles. The number of aromatic nitrogens is 1. The molecule has 0 unspecified atom stereocenters. The summed E-state index contributed by atoms with van der Waals surface area (Å²) in [6.07, 6.45) is -0.500. The van der Waals surface area contributed by atoms with Crippen LogP contribution in [0.15, 0.2) is 18.2 Å². The number of nitrogens with zero attached hydrogens (tertiary/aromatic N) is 2. The number of pyridine rings is 1. The molecule has 0 aliphatic carbocycles. The summed E-state index contributed by atoms with van der Waals surface area (Å²) in [5, 5.41) is 0.438. The second kappa shape index (κ2) is 6.67. The molecule has 0 bridgehead atoms. The van der Waals surface area contributed by atoms with Crippen molar-refractivity contribution in [3.8, 4) is 0 Å². The highest BCUT2D eigenvalue weighted by Gasteiger charge is 2.26. The molecular formula is C15H20Cl2N2O2. The Kier molecular flexibility index (Phi) is 5.65. The molecule has 0 saturated carbocycles. The standard InChI is InChI=1S/C15H20Cl2N2O2/c1-9(2)8-19(14(20)21-15(4,5)6)12-10(3)7-11(16)18-13(12)17/h7H,1,8H2,2-6H3. The van der Waals surface area contributed by atoms with Gasteiger partial charge in [-0.25, -0.2) is 9.78 Å². The predicted molar refractivity (Wildman–Crippen MR) is 87.4 cm³/mol. The predicted octanol–water partition coefficient (Wildman–Crippen LogP) is 5.01. The quantitative estimate of drug-likeness (QED) is 0.577. The fourth-order valence-electron chi connectivity index (χ4n) is 1.73. The van der Waals surface area contributed by atoms with Gasteiger partial charge in [0.05, 0.1) is 5.69 Å². The van der Waals surface area contributed by atoms with Gasteiger partial charge in [0.25, 0.3) is 0 Å². The van der Waals surface area contributed by atoms with Crippen molar-refractivity contribution in [2.45, 2.75) is 40.2 Å². The first-order valence-corrected chi connectivity index (χ1v) is 7.24. The van der Waals surface area contributed by atoms with E-state index in [1.54, 1.807) is 26.8 Å². The van der Waals surface area contributed by atoms with Gasteiger partial charge in [0.1, 0.15) is 10.8 Å². The van der Waals surface area contributed by atoms with Gasteiger partial charge in [-0.15, -0.1) is 0 Å². The zero-order valence-electron chi connectivity index (χ0n) is 13.0. The van der Waals surface area contributed by atoms with E-state index in [1.807, 2.05) is 13.8 Å². The minimum atomic E-state index is -0.607. The van der Waals surface area contributed by atoms with Gasteiger partial charge in [-0.05, 0) is 46.2 Å². The summed E-state index contributed by atoms with van der Waals surface area (Å²) in [6, 6.07) is 1.65. The summed E-state index contributed by atoms with van der Waals surface area (Å²) >= 11 is 12.0. The van der Waals surface area contributed by atoms with Crippen molar-refractivity contribution in [2.75, 3.05) is 11.4 Å². The van der Waals surface area contributed by atoms with Crippen LogP contribution >= 0.6 is 23.2 Å². The van der Waals surface area contributed by atoms with Crippen molar-refractivity contribution in [2.24, 2.45) is 0 Å². The molecule has 0 fully saturated rings. The van der Waals surface area contributed by atoms with Gasteiger partial charge in [-0.2, -0.15) is 0 Å². The monoisotopic (exact) mass is 330 g/mol. The van der Waals surface area contributed by atoms with E-state index in [9.17, 15) is 4.79 Å². The van der Waals surface area contributed by atoms with Crippen LogP contribution in [0.1, 0.15) is 33.3 Å². The molecule has 0 saturated heterocycles.